The van der Waals surface area contributed by atoms with E-state index in [1.165, 1.54) is 11.3 Å². The SMILES string of the molecule is CCNc1ccc(C(=O)Nc2nc(CC)c(C)s2)cn1. The zero-order chi connectivity index (χ0) is 14.5. The molecule has 0 aliphatic carbocycles. The first-order chi connectivity index (χ1) is 9.63. The maximum Gasteiger partial charge on any atom is 0.259 e. The monoisotopic (exact) mass is 290 g/mol. The molecule has 0 unspecified atom stereocenters. The highest BCUT2D eigenvalue weighted by Crippen LogP contribution is 2.22. The van der Waals surface area contributed by atoms with E-state index in [0.29, 0.717) is 10.7 Å². The van der Waals surface area contributed by atoms with Gasteiger partial charge in [-0.05, 0) is 32.4 Å². The van der Waals surface area contributed by atoms with E-state index < -0.39 is 0 Å². The van der Waals surface area contributed by atoms with Crippen molar-refractivity contribution < 1.29 is 4.79 Å². The van der Waals surface area contributed by atoms with Crippen molar-refractivity contribution in [3.05, 3.63) is 34.5 Å². The minimum absolute atomic E-state index is 0.183. The van der Waals surface area contributed by atoms with Gasteiger partial charge in [0.1, 0.15) is 5.82 Å². The maximum atomic E-state index is 12.1. The van der Waals surface area contributed by atoms with E-state index >= 15 is 0 Å². The van der Waals surface area contributed by atoms with Gasteiger partial charge in [-0.15, -0.1) is 11.3 Å². The highest BCUT2D eigenvalue weighted by molar-refractivity contribution is 7.15. The third-order valence-corrected chi connectivity index (χ3v) is 3.76. The van der Waals surface area contributed by atoms with E-state index in [9.17, 15) is 4.79 Å². The molecule has 0 aliphatic rings. The highest BCUT2D eigenvalue weighted by Gasteiger charge is 2.11. The summed E-state index contributed by atoms with van der Waals surface area (Å²) in [7, 11) is 0. The molecule has 0 bridgehead atoms. The fraction of sp³-hybridized carbons (Fsp3) is 0.357. The van der Waals surface area contributed by atoms with Crippen LogP contribution in [0.2, 0.25) is 0 Å². The molecule has 5 nitrogen and oxygen atoms in total. The van der Waals surface area contributed by atoms with Gasteiger partial charge in [0.15, 0.2) is 5.13 Å². The first-order valence-electron chi connectivity index (χ1n) is 6.61. The highest BCUT2D eigenvalue weighted by atomic mass is 32.1. The van der Waals surface area contributed by atoms with Gasteiger partial charge in [-0.3, -0.25) is 10.1 Å². The number of carbonyl (C=O) groups excluding carboxylic acids is 1. The second-order valence-electron chi connectivity index (χ2n) is 4.29. The molecule has 0 spiro atoms. The van der Waals surface area contributed by atoms with Gasteiger partial charge < -0.3 is 5.32 Å². The van der Waals surface area contributed by atoms with Gasteiger partial charge in [-0.25, -0.2) is 9.97 Å². The van der Waals surface area contributed by atoms with Crippen LogP contribution < -0.4 is 10.6 Å². The van der Waals surface area contributed by atoms with Crippen molar-refractivity contribution in [3.8, 4) is 0 Å². The predicted molar refractivity (Wildman–Crippen MR) is 82.6 cm³/mol. The molecular weight excluding hydrogens is 272 g/mol. The summed E-state index contributed by atoms with van der Waals surface area (Å²) in [6.07, 6.45) is 2.44. The molecule has 2 rings (SSSR count). The number of hydrogen-bond acceptors (Lipinski definition) is 5. The van der Waals surface area contributed by atoms with E-state index in [2.05, 4.69) is 27.5 Å². The van der Waals surface area contributed by atoms with Crippen LogP contribution in [0, 0.1) is 6.92 Å². The van der Waals surface area contributed by atoms with Crippen LogP contribution in [0.1, 0.15) is 34.8 Å². The fourth-order valence-electron chi connectivity index (χ4n) is 1.79. The number of nitrogens with one attached hydrogen (secondary N) is 2. The van der Waals surface area contributed by atoms with Crippen LogP contribution in [0.15, 0.2) is 18.3 Å². The summed E-state index contributed by atoms with van der Waals surface area (Å²) in [4.78, 5) is 21.8. The van der Waals surface area contributed by atoms with Gasteiger partial charge in [-0.2, -0.15) is 0 Å². The number of thiazole rings is 1. The van der Waals surface area contributed by atoms with Crippen LogP contribution in [-0.2, 0) is 6.42 Å². The Hall–Kier alpha value is -1.95. The molecule has 0 aromatic carbocycles. The van der Waals surface area contributed by atoms with Crippen molar-refractivity contribution in [2.45, 2.75) is 27.2 Å². The van der Waals surface area contributed by atoms with Crippen LogP contribution in [0.25, 0.3) is 0 Å². The Labute approximate surface area is 122 Å². The standard InChI is InChI=1S/C14H18N4OS/c1-4-11-9(3)20-14(17-11)18-13(19)10-6-7-12(15-5-2)16-8-10/h6-8H,4-5H2,1-3H3,(H,15,16)(H,17,18,19). The van der Waals surface area contributed by atoms with Crippen LogP contribution in [-0.4, -0.2) is 22.4 Å². The summed E-state index contributed by atoms with van der Waals surface area (Å²) in [6, 6.07) is 3.55. The molecule has 6 heteroatoms. The molecule has 106 valence electrons. The van der Waals surface area contributed by atoms with Gasteiger partial charge in [0.05, 0.1) is 11.3 Å². The number of pyridine rings is 1. The second-order valence-corrected chi connectivity index (χ2v) is 5.50. The lowest BCUT2D eigenvalue weighted by molar-refractivity contribution is 0.102. The molecule has 0 aliphatic heterocycles. The summed E-state index contributed by atoms with van der Waals surface area (Å²) in [6.45, 7) is 6.87. The van der Waals surface area contributed by atoms with E-state index in [1.807, 2.05) is 13.8 Å². The number of hydrogen-bond donors (Lipinski definition) is 2. The number of anilines is 2. The zero-order valence-electron chi connectivity index (χ0n) is 11.9. The first kappa shape index (κ1) is 14.5. The summed E-state index contributed by atoms with van der Waals surface area (Å²) in [5.74, 6) is 0.583. The molecule has 1 amide bonds. The Morgan fingerprint density at radius 2 is 2.15 bits per heavy atom. The molecular formula is C14H18N4OS. The lowest BCUT2D eigenvalue weighted by Crippen LogP contribution is -2.12. The quantitative estimate of drug-likeness (QED) is 0.888. The largest absolute Gasteiger partial charge is 0.370 e. The number of aromatic nitrogens is 2. The zero-order valence-corrected chi connectivity index (χ0v) is 12.7. The molecule has 0 radical (unpaired) electrons. The predicted octanol–water partition coefficient (Wildman–Crippen LogP) is 3.09. The van der Waals surface area contributed by atoms with Crippen LogP contribution >= 0.6 is 11.3 Å². The Morgan fingerprint density at radius 3 is 2.70 bits per heavy atom. The van der Waals surface area contributed by atoms with Crippen molar-refractivity contribution in [1.82, 2.24) is 9.97 Å². The van der Waals surface area contributed by atoms with Crippen molar-refractivity contribution in [3.63, 3.8) is 0 Å². The minimum atomic E-state index is -0.183. The summed E-state index contributed by atoms with van der Waals surface area (Å²) in [5, 5.41) is 6.54. The average molecular weight is 290 g/mol. The van der Waals surface area contributed by atoms with Gasteiger partial charge in [-0.1, -0.05) is 6.92 Å². The van der Waals surface area contributed by atoms with Gasteiger partial charge in [0.2, 0.25) is 0 Å². The molecule has 2 N–H and O–H groups in total. The number of amides is 1. The topological polar surface area (TPSA) is 66.9 Å². The average Bonchev–Trinajstić information content (AvgIpc) is 2.80. The minimum Gasteiger partial charge on any atom is -0.370 e. The number of aryl methyl sites for hydroxylation is 2. The molecule has 0 saturated carbocycles. The first-order valence-corrected chi connectivity index (χ1v) is 7.43. The third-order valence-electron chi connectivity index (χ3n) is 2.83. The van der Waals surface area contributed by atoms with Crippen molar-refractivity contribution in [1.29, 1.82) is 0 Å². The molecule has 0 fully saturated rings. The van der Waals surface area contributed by atoms with Gasteiger partial charge in [0.25, 0.3) is 5.91 Å². The molecule has 2 aromatic heterocycles. The molecule has 2 heterocycles. The van der Waals surface area contributed by atoms with Gasteiger partial charge in [0, 0.05) is 17.6 Å². The molecule has 20 heavy (non-hydrogen) atoms. The summed E-state index contributed by atoms with van der Waals surface area (Å²) in [5.41, 5.74) is 1.56. The maximum absolute atomic E-state index is 12.1. The Balaban J connectivity index is 2.07. The molecule has 0 saturated heterocycles. The Bertz CT molecular complexity index is 592. The summed E-state index contributed by atoms with van der Waals surface area (Å²) < 4.78 is 0. The van der Waals surface area contributed by atoms with Crippen LogP contribution in [0.4, 0.5) is 10.9 Å². The van der Waals surface area contributed by atoms with E-state index in [0.717, 1.165) is 29.4 Å². The smallest absolute Gasteiger partial charge is 0.259 e. The van der Waals surface area contributed by atoms with E-state index in [-0.39, 0.29) is 5.91 Å². The lowest BCUT2D eigenvalue weighted by atomic mass is 10.2. The second kappa shape index (κ2) is 6.47. The third kappa shape index (κ3) is 3.33. The van der Waals surface area contributed by atoms with Crippen LogP contribution in [0.5, 0.6) is 0 Å². The molecule has 0 atom stereocenters. The number of carbonyl (C=O) groups is 1. The summed E-state index contributed by atoms with van der Waals surface area (Å²) >= 11 is 1.50. The fourth-order valence-corrected chi connectivity index (χ4v) is 2.69. The van der Waals surface area contributed by atoms with Crippen molar-refractivity contribution in [2.75, 3.05) is 17.2 Å². The Morgan fingerprint density at radius 1 is 1.35 bits per heavy atom. The number of rotatable bonds is 5. The van der Waals surface area contributed by atoms with E-state index in [4.69, 9.17) is 0 Å². The van der Waals surface area contributed by atoms with Crippen LogP contribution in [0.3, 0.4) is 0 Å². The Kier molecular flexibility index (Phi) is 4.68. The number of nitrogens with zero attached hydrogens (tertiary/aromatic N) is 2. The normalized spacial score (nSPS) is 10.3. The van der Waals surface area contributed by atoms with Gasteiger partial charge >= 0.3 is 0 Å². The van der Waals surface area contributed by atoms with Crippen molar-refractivity contribution >= 4 is 28.2 Å². The van der Waals surface area contributed by atoms with E-state index in [1.54, 1.807) is 18.3 Å². The lowest BCUT2D eigenvalue weighted by Gasteiger charge is -2.04. The molecule has 2 aromatic rings. The van der Waals surface area contributed by atoms with Crippen molar-refractivity contribution in [2.24, 2.45) is 0 Å².